The summed E-state index contributed by atoms with van der Waals surface area (Å²) in [7, 11) is 0. The van der Waals surface area contributed by atoms with Crippen LogP contribution in [-0.4, -0.2) is 78.1 Å². The van der Waals surface area contributed by atoms with Gasteiger partial charge in [-0.15, -0.1) is 31.4 Å². The second kappa shape index (κ2) is 46.3. The number of rotatable bonds is 21. The van der Waals surface area contributed by atoms with Gasteiger partial charge in [0.25, 0.3) is 0 Å². The van der Waals surface area contributed by atoms with Gasteiger partial charge < -0.3 is 42.0 Å². The third-order valence-corrected chi connectivity index (χ3v) is 13.7. The summed E-state index contributed by atoms with van der Waals surface area (Å²) in [5, 5.41) is 23.6. The number of nitrogens with one attached hydrogen (secondary N) is 7. The van der Waals surface area contributed by atoms with E-state index >= 15 is 0 Å². The smallest absolute Gasteiger partial charge is 0.406 e. The standard InChI is InChI=1S/C12H17N.C11H14F3NO.C11H14F3N.C10H16N2.C10H19N.C10H15N.C6H13N.C3H7Cl/c1-9(2)13-12-8-7-10-5-3-4-6-11(10)12;1-8(2)15-7-9-3-5-10(6-4-9)16-11(12,13)14;1-8(2)15-7-9-5-3-4-6-10(9)11(12,13)14;1-9(2)11-8-6-10-5-3-4-7-12-10;1-7(2)11-10-6-8-3-4-9(10)5-8;1-9(2)11-8-10-6-4-3-5-7-10;1-4-5-7-6(2)3;1-3(2)4/h3-6,9,12-13H,7-8H2,1-2H3;3-6,8,15H,7H2,1-2H3;3-6,8,15H,7H2,1-2H3;3-5,7,9,11H,6,8H2,1-2H3;7-11H,3-6H2,1-2H3;3-7,9,11H,8H2,1-2H3;4,6-7H,1,5H2,2-3H3;3H,1-2H3. The lowest BCUT2D eigenvalue weighted by atomic mass is 9.95. The second-order valence-corrected chi connectivity index (χ2v) is 26.1. The Bertz CT molecular complexity index is 2510. The van der Waals surface area contributed by atoms with Gasteiger partial charge >= 0.3 is 12.5 Å². The van der Waals surface area contributed by atoms with Crippen LogP contribution in [0.2, 0.25) is 0 Å². The van der Waals surface area contributed by atoms with Gasteiger partial charge in [-0.25, -0.2) is 0 Å². The van der Waals surface area contributed by atoms with E-state index in [-0.39, 0.29) is 18.3 Å². The van der Waals surface area contributed by atoms with E-state index in [9.17, 15) is 26.3 Å². The Kier molecular flexibility index (Phi) is 42.7. The van der Waals surface area contributed by atoms with Gasteiger partial charge in [-0.3, -0.25) is 4.98 Å². The van der Waals surface area contributed by atoms with Crippen LogP contribution < -0.4 is 42.0 Å². The molecule has 3 aliphatic rings. The first kappa shape index (κ1) is 82.2. The number of benzene rings is 4. The van der Waals surface area contributed by atoms with E-state index in [1.807, 2.05) is 72.0 Å². The van der Waals surface area contributed by atoms with Gasteiger partial charge in [0.1, 0.15) is 5.75 Å². The molecule has 9 nitrogen and oxygen atoms in total. The highest BCUT2D eigenvalue weighted by atomic mass is 35.5. The first-order chi connectivity index (χ1) is 41.9. The number of ether oxygens (including phenoxy) is 1. The number of hydrogen-bond donors (Lipinski definition) is 7. The molecule has 4 atom stereocenters. The van der Waals surface area contributed by atoms with E-state index in [1.54, 1.807) is 18.2 Å². The highest BCUT2D eigenvalue weighted by Crippen LogP contribution is 2.44. The molecule has 89 heavy (non-hydrogen) atoms. The van der Waals surface area contributed by atoms with E-state index in [4.69, 9.17) is 11.6 Å². The molecule has 2 saturated carbocycles. The Morgan fingerprint density at radius 3 is 1.54 bits per heavy atom. The fraction of sp³-hybridized carbons (Fsp3) is 0.575. The number of nitrogens with zero attached hydrogens (tertiary/aromatic N) is 1. The van der Waals surface area contributed by atoms with Crippen molar-refractivity contribution >= 4 is 11.6 Å². The molecule has 502 valence electrons. The number of pyridine rings is 1. The van der Waals surface area contributed by atoms with Crippen molar-refractivity contribution in [3.05, 3.63) is 179 Å². The quantitative estimate of drug-likeness (QED) is 0.0220. The van der Waals surface area contributed by atoms with Crippen LogP contribution in [0.15, 0.2) is 140 Å². The van der Waals surface area contributed by atoms with Gasteiger partial charge in [0.05, 0.1) is 5.56 Å². The monoisotopic (exact) mass is 1270 g/mol. The Labute approximate surface area is 540 Å². The summed E-state index contributed by atoms with van der Waals surface area (Å²) in [6.45, 7) is 40.8. The van der Waals surface area contributed by atoms with Crippen molar-refractivity contribution in [1.29, 1.82) is 0 Å². The molecule has 0 spiro atoms. The number of aromatic nitrogens is 1. The maximum absolute atomic E-state index is 12.5. The highest BCUT2D eigenvalue weighted by molar-refractivity contribution is 6.20. The van der Waals surface area contributed by atoms with Crippen LogP contribution in [0.25, 0.3) is 0 Å². The first-order valence-corrected chi connectivity index (χ1v) is 32.8. The fourth-order valence-corrected chi connectivity index (χ4v) is 9.68. The maximum atomic E-state index is 12.5. The van der Waals surface area contributed by atoms with Crippen LogP contribution in [0.5, 0.6) is 5.75 Å². The zero-order chi connectivity index (χ0) is 67.0. The van der Waals surface area contributed by atoms with Gasteiger partial charge in [-0.2, -0.15) is 13.2 Å². The number of alkyl halides is 7. The lowest BCUT2D eigenvalue weighted by Gasteiger charge is -2.24. The van der Waals surface area contributed by atoms with Gasteiger partial charge in [-0.1, -0.05) is 200 Å². The summed E-state index contributed by atoms with van der Waals surface area (Å²) >= 11 is 5.27. The van der Waals surface area contributed by atoms with E-state index in [0.29, 0.717) is 59.8 Å². The Hall–Kier alpha value is -4.84. The summed E-state index contributed by atoms with van der Waals surface area (Å²) in [5.74, 6) is 1.92. The molecular weight excluding hydrogens is 1150 g/mol. The van der Waals surface area contributed by atoms with E-state index in [1.165, 1.54) is 79.5 Å². The molecule has 1 aromatic heterocycles. The molecular formula is C73H115ClF6N8O. The molecule has 16 heteroatoms. The van der Waals surface area contributed by atoms with Crippen molar-refractivity contribution in [2.24, 2.45) is 11.8 Å². The normalized spacial score (nSPS) is 16.3. The van der Waals surface area contributed by atoms with Crippen molar-refractivity contribution in [2.75, 3.05) is 13.1 Å². The molecule has 1 heterocycles. The third kappa shape index (κ3) is 42.8. The van der Waals surface area contributed by atoms with Gasteiger partial charge in [0.2, 0.25) is 0 Å². The van der Waals surface area contributed by atoms with Crippen LogP contribution in [-0.2, 0) is 38.7 Å². The summed E-state index contributed by atoms with van der Waals surface area (Å²) in [6, 6.07) is 41.7. The highest BCUT2D eigenvalue weighted by Gasteiger charge is 2.39. The molecule has 0 radical (unpaired) electrons. The molecule has 2 bridgehead atoms. The molecule has 4 aromatic carbocycles. The van der Waals surface area contributed by atoms with E-state index in [0.717, 1.165) is 61.3 Å². The minimum atomic E-state index is -4.63. The topological polar surface area (TPSA) is 106 Å². The van der Waals surface area contributed by atoms with Crippen molar-refractivity contribution in [1.82, 2.24) is 42.2 Å². The van der Waals surface area contributed by atoms with Crippen molar-refractivity contribution < 1.29 is 31.1 Å². The molecule has 2 fully saturated rings. The molecule has 0 aliphatic heterocycles. The molecule has 4 unspecified atom stereocenters. The fourth-order valence-electron chi connectivity index (χ4n) is 9.68. The lowest BCUT2D eigenvalue weighted by Crippen LogP contribution is -2.38. The van der Waals surface area contributed by atoms with Crippen molar-refractivity contribution in [3.63, 3.8) is 0 Å². The van der Waals surface area contributed by atoms with Crippen LogP contribution >= 0.6 is 11.6 Å². The molecule has 3 aliphatic carbocycles. The third-order valence-electron chi connectivity index (χ3n) is 13.7. The van der Waals surface area contributed by atoms with Crippen molar-refractivity contribution in [2.45, 2.75) is 248 Å². The molecule has 0 saturated heterocycles. The first-order valence-electron chi connectivity index (χ1n) is 32.3. The largest absolute Gasteiger partial charge is 0.573 e. The van der Waals surface area contributed by atoms with Crippen LogP contribution in [0.4, 0.5) is 26.3 Å². The average Bonchev–Trinajstić information content (AvgIpc) is 2.37. The van der Waals surface area contributed by atoms with Gasteiger partial charge in [0, 0.05) is 111 Å². The predicted molar refractivity (Wildman–Crippen MR) is 366 cm³/mol. The molecule has 8 rings (SSSR count). The lowest BCUT2D eigenvalue weighted by molar-refractivity contribution is -0.274. The SMILES string of the molecule is C=CCNC(C)C.CC(C)Cl.CC(C)NC1CC2CCC1C2.CC(C)NC1CCc2ccccc21.CC(C)NCCc1ccccn1.CC(C)NCc1ccc(OC(F)(F)F)cc1.CC(C)NCc1ccccc1.CC(C)NCc1ccccc1C(F)(F)F. The zero-order valence-electron chi connectivity index (χ0n) is 56.8. The molecule has 0 amide bonds. The average molecular weight is 1270 g/mol. The summed E-state index contributed by atoms with van der Waals surface area (Å²) in [4.78, 5) is 4.24. The number of fused-ring (bicyclic) bond motifs is 3. The van der Waals surface area contributed by atoms with E-state index in [2.05, 4.69) is 177 Å². The number of aryl methyl sites for hydroxylation is 1. The molecule has 7 N–H and O–H groups in total. The summed E-state index contributed by atoms with van der Waals surface area (Å²) < 4.78 is 77.0. The number of hydrogen-bond acceptors (Lipinski definition) is 9. The summed E-state index contributed by atoms with van der Waals surface area (Å²) in [6.07, 6.45) is 4.30. The zero-order valence-corrected chi connectivity index (χ0v) is 57.6. The predicted octanol–water partition coefficient (Wildman–Crippen LogP) is 17.7. The maximum Gasteiger partial charge on any atom is 0.573 e. The number of halogens is 7. The summed E-state index contributed by atoms with van der Waals surface area (Å²) in [5.41, 5.74) is 6.20. The van der Waals surface area contributed by atoms with Gasteiger partial charge in [-0.05, 0) is 116 Å². The Morgan fingerprint density at radius 2 is 1.07 bits per heavy atom. The van der Waals surface area contributed by atoms with Crippen LogP contribution in [0, 0.1) is 11.8 Å². The Morgan fingerprint density at radius 1 is 0.551 bits per heavy atom. The van der Waals surface area contributed by atoms with E-state index < -0.39 is 18.1 Å². The minimum Gasteiger partial charge on any atom is -0.406 e. The minimum absolute atomic E-state index is 0.172. The second-order valence-electron chi connectivity index (χ2n) is 25.2. The Balaban J connectivity index is 0.000000519. The van der Waals surface area contributed by atoms with Crippen LogP contribution in [0.3, 0.4) is 0 Å². The van der Waals surface area contributed by atoms with Crippen LogP contribution in [0.1, 0.15) is 188 Å². The van der Waals surface area contributed by atoms with Gasteiger partial charge in [0.15, 0.2) is 0 Å². The molecule has 5 aromatic rings. The van der Waals surface area contributed by atoms with Crippen molar-refractivity contribution in [3.8, 4) is 5.75 Å².